The molecule has 1 heterocycles. The number of hydrogen-bond donors (Lipinski definition) is 1. The number of aryl methyl sites for hydroxylation is 1. The first-order chi connectivity index (χ1) is 7.79. The van der Waals surface area contributed by atoms with E-state index < -0.39 is 0 Å². The second kappa shape index (κ2) is 4.88. The Morgan fingerprint density at radius 2 is 1.88 bits per heavy atom. The van der Waals surface area contributed by atoms with Crippen LogP contribution in [-0.4, -0.2) is 0 Å². The van der Waals surface area contributed by atoms with Crippen LogP contribution < -0.4 is 5.32 Å². The fourth-order valence-corrected chi connectivity index (χ4v) is 1.67. The van der Waals surface area contributed by atoms with E-state index in [2.05, 4.69) is 31.3 Å². The summed E-state index contributed by atoms with van der Waals surface area (Å²) in [5.41, 5.74) is 1.12. The maximum absolute atomic E-state index is 5.70. The Kier molecular flexibility index (Phi) is 3.30. The molecule has 0 aliphatic rings. The lowest BCUT2D eigenvalue weighted by Gasteiger charge is -2.12. The quantitative estimate of drug-likeness (QED) is 0.833. The minimum absolute atomic E-state index is 0.197. The van der Waals surface area contributed by atoms with E-state index in [-0.39, 0.29) is 6.04 Å². The predicted octanol–water partition coefficient (Wildman–Crippen LogP) is 4.02. The third kappa shape index (κ3) is 2.45. The van der Waals surface area contributed by atoms with Crippen molar-refractivity contribution in [3.63, 3.8) is 0 Å². The number of rotatable bonds is 4. The summed E-state index contributed by atoms with van der Waals surface area (Å²) >= 11 is 0. The molecular formula is C14H17NO. The van der Waals surface area contributed by atoms with E-state index in [1.54, 1.807) is 0 Å². The van der Waals surface area contributed by atoms with Crippen LogP contribution in [0.25, 0.3) is 0 Å². The van der Waals surface area contributed by atoms with Gasteiger partial charge < -0.3 is 9.73 Å². The molecule has 0 saturated carbocycles. The normalized spacial score (nSPS) is 12.4. The molecule has 0 saturated heterocycles. The van der Waals surface area contributed by atoms with Gasteiger partial charge in [0.2, 0.25) is 0 Å². The van der Waals surface area contributed by atoms with Crippen LogP contribution >= 0.6 is 0 Å². The molecule has 0 aliphatic heterocycles. The van der Waals surface area contributed by atoms with Gasteiger partial charge in [-0.1, -0.05) is 25.1 Å². The minimum atomic E-state index is 0.197. The number of furan rings is 1. The Bertz CT molecular complexity index is 433. The largest absolute Gasteiger partial charge is 0.464 e. The summed E-state index contributed by atoms with van der Waals surface area (Å²) in [6.07, 6.45) is 0.943. The topological polar surface area (TPSA) is 25.2 Å². The fourth-order valence-electron chi connectivity index (χ4n) is 1.67. The predicted molar refractivity (Wildman–Crippen MR) is 66.6 cm³/mol. The molecule has 0 fully saturated rings. The summed E-state index contributed by atoms with van der Waals surface area (Å²) in [5, 5.41) is 3.40. The average Bonchev–Trinajstić information content (AvgIpc) is 2.79. The SMILES string of the molecule is CCc1ccc(C(C)Nc2ccccc2)o1. The van der Waals surface area contributed by atoms with Crippen LogP contribution in [0.15, 0.2) is 46.9 Å². The van der Waals surface area contributed by atoms with Gasteiger partial charge in [0.05, 0.1) is 6.04 Å². The zero-order chi connectivity index (χ0) is 11.4. The monoisotopic (exact) mass is 215 g/mol. The third-order valence-corrected chi connectivity index (χ3v) is 2.61. The Hall–Kier alpha value is -1.70. The molecule has 2 rings (SSSR count). The molecule has 1 N–H and O–H groups in total. The van der Waals surface area contributed by atoms with Crippen molar-refractivity contribution >= 4 is 5.69 Å². The lowest BCUT2D eigenvalue weighted by Crippen LogP contribution is -2.05. The van der Waals surface area contributed by atoms with E-state index in [0.717, 1.165) is 23.6 Å². The van der Waals surface area contributed by atoms with Crippen molar-refractivity contribution in [3.05, 3.63) is 54.0 Å². The molecule has 2 aromatic rings. The van der Waals surface area contributed by atoms with Crippen LogP contribution in [0.2, 0.25) is 0 Å². The first-order valence-electron chi connectivity index (χ1n) is 5.69. The van der Waals surface area contributed by atoms with E-state index in [4.69, 9.17) is 4.42 Å². The molecule has 1 aromatic carbocycles. The van der Waals surface area contributed by atoms with Crippen LogP contribution in [0.5, 0.6) is 0 Å². The van der Waals surface area contributed by atoms with Crippen LogP contribution in [0, 0.1) is 0 Å². The highest BCUT2D eigenvalue weighted by molar-refractivity contribution is 5.44. The minimum Gasteiger partial charge on any atom is -0.464 e. The molecule has 0 amide bonds. The van der Waals surface area contributed by atoms with Gasteiger partial charge in [-0.3, -0.25) is 0 Å². The fraction of sp³-hybridized carbons (Fsp3) is 0.286. The lowest BCUT2D eigenvalue weighted by atomic mass is 10.2. The first kappa shape index (κ1) is 10.8. The highest BCUT2D eigenvalue weighted by atomic mass is 16.3. The van der Waals surface area contributed by atoms with E-state index in [1.807, 2.05) is 30.3 Å². The summed E-state index contributed by atoms with van der Waals surface area (Å²) in [7, 11) is 0. The van der Waals surface area contributed by atoms with Crippen LogP contribution in [-0.2, 0) is 6.42 Å². The number of nitrogens with one attached hydrogen (secondary N) is 1. The van der Waals surface area contributed by atoms with Crippen LogP contribution in [0.1, 0.15) is 31.4 Å². The molecule has 16 heavy (non-hydrogen) atoms. The van der Waals surface area contributed by atoms with Gasteiger partial charge in [0.1, 0.15) is 11.5 Å². The standard InChI is InChI=1S/C14H17NO/c1-3-13-9-10-14(16-13)11(2)15-12-7-5-4-6-8-12/h4-11,15H,3H2,1-2H3. The smallest absolute Gasteiger partial charge is 0.126 e. The molecule has 1 atom stereocenters. The van der Waals surface area contributed by atoms with Gasteiger partial charge in [-0.2, -0.15) is 0 Å². The second-order valence-electron chi connectivity index (χ2n) is 3.89. The van der Waals surface area contributed by atoms with Gasteiger partial charge in [0.15, 0.2) is 0 Å². The average molecular weight is 215 g/mol. The molecule has 84 valence electrons. The van der Waals surface area contributed by atoms with Crippen molar-refractivity contribution in [2.45, 2.75) is 26.3 Å². The van der Waals surface area contributed by atoms with Crippen LogP contribution in [0.4, 0.5) is 5.69 Å². The zero-order valence-electron chi connectivity index (χ0n) is 9.73. The van der Waals surface area contributed by atoms with Crippen molar-refractivity contribution in [1.29, 1.82) is 0 Å². The molecule has 0 spiro atoms. The highest BCUT2D eigenvalue weighted by Crippen LogP contribution is 2.21. The first-order valence-corrected chi connectivity index (χ1v) is 5.69. The van der Waals surface area contributed by atoms with E-state index in [1.165, 1.54) is 0 Å². The van der Waals surface area contributed by atoms with Gasteiger partial charge in [-0.15, -0.1) is 0 Å². The molecule has 1 aromatic heterocycles. The van der Waals surface area contributed by atoms with Crippen molar-refractivity contribution in [2.75, 3.05) is 5.32 Å². The maximum Gasteiger partial charge on any atom is 0.126 e. The molecule has 0 bridgehead atoms. The Labute approximate surface area is 96.3 Å². The Morgan fingerprint density at radius 1 is 1.12 bits per heavy atom. The van der Waals surface area contributed by atoms with Gasteiger partial charge in [0.25, 0.3) is 0 Å². The summed E-state index contributed by atoms with van der Waals surface area (Å²) in [6.45, 7) is 4.20. The Morgan fingerprint density at radius 3 is 2.50 bits per heavy atom. The summed E-state index contributed by atoms with van der Waals surface area (Å²) in [5.74, 6) is 2.03. The molecule has 0 radical (unpaired) electrons. The van der Waals surface area contributed by atoms with Gasteiger partial charge in [-0.25, -0.2) is 0 Å². The van der Waals surface area contributed by atoms with Gasteiger partial charge in [0, 0.05) is 12.1 Å². The van der Waals surface area contributed by atoms with Crippen LogP contribution in [0.3, 0.4) is 0 Å². The molecular weight excluding hydrogens is 198 g/mol. The number of hydrogen-bond acceptors (Lipinski definition) is 2. The summed E-state index contributed by atoms with van der Waals surface area (Å²) in [4.78, 5) is 0. The van der Waals surface area contributed by atoms with Crippen molar-refractivity contribution in [3.8, 4) is 0 Å². The number of anilines is 1. The van der Waals surface area contributed by atoms with Crippen molar-refractivity contribution in [2.24, 2.45) is 0 Å². The Balaban J connectivity index is 2.05. The second-order valence-corrected chi connectivity index (χ2v) is 3.89. The third-order valence-electron chi connectivity index (χ3n) is 2.61. The molecule has 2 heteroatoms. The summed E-state index contributed by atoms with van der Waals surface area (Å²) in [6, 6.07) is 14.4. The zero-order valence-corrected chi connectivity index (χ0v) is 9.73. The molecule has 1 unspecified atom stereocenters. The maximum atomic E-state index is 5.70. The number of para-hydroxylation sites is 1. The highest BCUT2D eigenvalue weighted by Gasteiger charge is 2.09. The summed E-state index contributed by atoms with van der Waals surface area (Å²) < 4.78 is 5.70. The molecule has 0 aliphatic carbocycles. The van der Waals surface area contributed by atoms with E-state index >= 15 is 0 Å². The van der Waals surface area contributed by atoms with E-state index in [9.17, 15) is 0 Å². The van der Waals surface area contributed by atoms with Crippen molar-refractivity contribution in [1.82, 2.24) is 0 Å². The van der Waals surface area contributed by atoms with Gasteiger partial charge >= 0.3 is 0 Å². The molecule has 2 nitrogen and oxygen atoms in total. The van der Waals surface area contributed by atoms with Crippen molar-refractivity contribution < 1.29 is 4.42 Å². The number of benzene rings is 1. The van der Waals surface area contributed by atoms with E-state index in [0.29, 0.717) is 0 Å². The van der Waals surface area contributed by atoms with Gasteiger partial charge in [-0.05, 0) is 31.2 Å². The lowest BCUT2D eigenvalue weighted by molar-refractivity contribution is 0.454.